The van der Waals surface area contributed by atoms with Gasteiger partial charge in [0.05, 0.1) is 12.3 Å². The molecule has 0 saturated heterocycles. The Hall–Kier alpha value is -1.07. The van der Waals surface area contributed by atoms with Crippen LogP contribution in [-0.2, 0) is 14.3 Å². The number of hydrogen-bond acceptors (Lipinski definition) is 4. The van der Waals surface area contributed by atoms with E-state index in [2.05, 4.69) is 4.18 Å². The first kappa shape index (κ1) is 10.0. The fourth-order valence-electron chi connectivity index (χ4n) is 0.927. The molecule has 72 valence electrons. The van der Waals surface area contributed by atoms with Crippen molar-refractivity contribution in [2.75, 3.05) is 12.3 Å². The van der Waals surface area contributed by atoms with Crippen molar-refractivity contribution in [2.45, 2.75) is 11.8 Å². The highest BCUT2D eigenvalue weighted by Crippen LogP contribution is 2.18. The summed E-state index contributed by atoms with van der Waals surface area (Å²) >= 11 is 0. The van der Waals surface area contributed by atoms with Gasteiger partial charge >= 0.3 is 1.43 Å². The number of nitrogens with two attached hydrogens (primary N) is 1. The predicted octanol–water partition coefficient (Wildman–Crippen LogP) is 1.11. The number of para-hydroxylation sites is 1. The Morgan fingerprint density at radius 3 is 2.62 bits per heavy atom. The van der Waals surface area contributed by atoms with E-state index in [9.17, 15) is 8.42 Å². The summed E-state index contributed by atoms with van der Waals surface area (Å²) < 4.78 is 27.3. The van der Waals surface area contributed by atoms with Crippen molar-refractivity contribution >= 4 is 15.8 Å². The summed E-state index contributed by atoms with van der Waals surface area (Å²) in [5.41, 5.74) is 5.68. The third-order valence-electron chi connectivity index (χ3n) is 1.46. The number of nitrogen functional groups attached to an aromatic ring is 1. The van der Waals surface area contributed by atoms with Gasteiger partial charge in [-0.3, -0.25) is 4.18 Å². The van der Waals surface area contributed by atoms with Crippen LogP contribution in [0.15, 0.2) is 29.2 Å². The second kappa shape index (κ2) is 3.76. The molecule has 1 rings (SSSR count). The van der Waals surface area contributed by atoms with E-state index in [1.54, 1.807) is 19.1 Å². The van der Waals surface area contributed by atoms with Crippen LogP contribution in [0.3, 0.4) is 0 Å². The van der Waals surface area contributed by atoms with Gasteiger partial charge in [0, 0.05) is 0 Å². The van der Waals surface area contributed by atoms with Crippen LogP contribution in [0.2, 0.25) is 0 Å². The Morgan fingerprint density at radius 2 is 2.08 bits per heavy atom. The largest absolute Gasteiger partial charge is 1.00 e. The molecule has 0 heterocycles. The summed E-state index contributed by atoms with van der Waals surface area (Å²) in [6.07, 6.45) is 0. The first-order valence-corrected chi connectivity index (χ1v) is 5.22. The van der Waals surface area contributed by atoms with Crippen LogP contribution in [0.25, 0.3) is 0 Å². The molecular weight excluding hydrogens is 190 g/mol. The van der Waals surface area contributed by atoms with E-state index in [4.69, 9.17) is 5.73 Å². The SMILES string of the molecule is CCOS(=O)(=O)c1ccccc1N.[H+]. The van der Waals surface area contributed by atoms with Gasteiger partial charge in [0.1, 0.15) is 4.90 Å². The molecule has 0 radical (unpaired) electrons. The monoisotopic (exact) mass is 202 g/mol. The normalized spacial score (nSPS) is 11.5. The third-order valence-corrected chi connectivity index (χ3v) is 2.92. The van der Waals surface area contributed by atoms with Crippen molar-refractivity contribution in [2.24, 2.45) is 0 Å². The van der Waals surface area contributed by atoms with Crippen LogP contribution in [0.4, 0.5) is 5.69 Å². The van der Waals surface area contributed by atoms with Crippen molar-refractivity contribution in [3.05, 3.63) is 24.3 Å². The van der Waals surface area contributed by atoms with Crippen molar-refractivity contribution in [3.8, 4) is 0 Å². The fourth-order valence-corrected chi connectivity index (χ4v) is 1.97. The minimum atomic E-state index is -3.67. The lowest BCUT2D eigenvalue weighted by Crippen LogP contribution is -2.08. The van der Waals surface area contributed by atoms with E-state index in [-0.39, 0.29) is 18.6 Å². The van der Waals surface area contributed by atoms with E-state index in [0.29, 0.717) is 0 Å². The molecule has 0 aliphatic carbocycles. The Bertz CT molecular complexity index is 391. The average molecular weight is 202 g/mol. The van der Waals surface area contributed by atoms with Gasteiger partial charge in [-0.25, -0.2) is 0 Å². The van der Waals surface area contributed by atoms with Gasteiger partial charge in [0.15, 0.2) is 0 Å². The van der Waals surface area contributed by atoms with E-state index in [0.717, 1.165) is 0 Å². The molecule has 13 heavy (non-hydrogen) atoms. The number of hydrogen-bond donors (Lipinski definition) is 1. The minimum absolute atomic E-state index is 0. The van der Waals surface area contributed by atoms with Gasteiger partial charge in [-0.05, 0) is 19.1 Å². The molecule has 0 bridgehead atoms. The Kier molecular flexibility index (Phi) is 2.90. The summed E-state index contributed by atoms with van der Waals surface area (Å²) in [6, 6.07) is 6.20. The smallest absolute Gasteiger partial charge is 0.398 e. The van der Waals surface area contributed by atoms with Crippen LogP contribution in [0.1, 0.15) is 8.35 Å². The summed E-state index contributed by atoms with van der Waals surface area (Å²) in [5, 5.41) is 0. The van der Waals surface area contributed by atoms with Crippen molar-refractivity contribution in [3.63, 3.8) is 0 Å². The van der Waals surface area contributed by atoms with Crippen LogP contribution < -0.4 is 5.73 Å². The molecule has 0 amide bonds. The van der Waals surface area contributed by atoms with E-state index >= 15 is 0 Å². The zero-order valence-electron chi connectivity index (χ0n) is 8.23. The molecule has 0 aliphatic heterocycles. The summed E-state index contributed by atoms with van der Waals surface area (Å²) in [4.78, 5) is 0.0249. The molecule has 1 aromatic rings. The molecule has 0 fully saturated rings. The fraction of sp³-hybridized carbons (Fsp3) is 0.250. The molecule has 0 atom stereocenters. The maximum Gasteiger partial charge on any atom is 1.00 e. The Labute approximate surface area is 78.9 Å². The van der Waals surface area contributed by atoms with Gasteiger partial charge < -0.3 is 5.73 Å². The molecule has 5 heteroatoms. The second-order valence-corrected chi connectivity index (χ2v) is 3.98. The molecule has 0 aromatic heterocycles. The zero-order chi connectivity index (χ0) is 9.90. The van der Waals surface area contributed by atoms with Gasteiger partial charge in [-0.2, -0.15) is 8.42 Å². The number of anilines is 1. The quantitative estimate of drug-likeness (QED) is 0.588. The molecule has 2 N–H and O–H groups in total. The lowest BCUT2D eigenvalue weighted by Gasteiger charge is -2.05. The first-order valence-electron chi connectivity index (χ1n) is 3.82. The predicted molar refractivity (Wildman–Crippen MR) is 50.8 cm³/mol. The molecule has 0 unspecified atom stereocenters. The highest BCUT2D eigenvalue weighted by atomic mass is 32.2. The van der Waals surface area contributed by atoms with Gasteiger partial charge in [-0.1, -0.05) is 12.1 Å². The second-order valence-electron chi connectivity index (χ2n) is 2.40. The standard InChI is InChI=1S/C8H11NO3S/c1-2-12-13(10,11)8-6-4-3-5-7(8)9/h3-6H,2,9H2,1H3/p+1. The highest BCUT2D eigenvalue weighted by molar-refractivity contribution is 7.87. The molecule has 0 saturated carbocycles. The summed E-state index contributed by atoms with van der Waals surface area (Å²) in [7, 11) is -3.67. The maximum atomic E-state index is 11.4. The Balaban J connectivity index is 0.00000169. The highest BCUT2D eigenvalue weighted by Gasteiger charge is 2.16. The van der Waals surface area contributed by atoms with E-state index in [1.807, 2.05) is 0 Å². The molecule has 1 aromatic carbocycles. The topological polar surface area (TPSA) is 69.4 Å². The maximum absolute atomic E-state index is 11.4. The van der Waals surface area contributed by atoms with Crippen LogP contribution >= 0.6 is 0 Å². The first-order chi connectivity index (χ1) is 6.08. The minimum Gasteiger partial charge on any atom is -0.398 e. The summed E-state index contributed by atoms with van der Waals surface area (Å²) in [5.74, 6) is 0. The Morgan fingerprint density at radius 1 is 1.46 bits per heavy atom. The van der Waals surface area contributed by atoms with Gasteiger partial charge in [0.25, 0.3) is 10.1 Å². The van der Waals surface area contributed by atoms with Crippen LogP contribution in [0.5, 0.6) is 0 Å². The third kappa shape index (κ3) is 2.19. The van der Waals surface area contributed by atoms with Crippen molar-refractivity contribution in [1.29, 1.82) is 0 Å². The lowest BCUT2D eigenvalue weighted by atomic mass is 10.3. The molecular formula is C8H12NO3S+. The van der Waals surface area contributed by atoms with Crippen LogP contribution in [0, 0.1) is 0 Å². The van der Waals surface area contributed by atoms with Crippen molar-refractivity contribution in [1.82, 2.24) is 0 Å². The van der Waals surface area contributed by atoms with Gasteiger partial charge in [0.2, 0.25) is 0 Å². The van der Waals surface area contributed by atoms with Crippen LogP contribution in [-0.4, -0.2) is 15.0 Å². The van der Waals surface area contributed by atoms with E-state index in [1.165, 1.54) is 12.1 Å². The summed E-state index contributed by atoms with van der Waals surface area (Å²) in [6.45, 7) is 1.72. The number of rotatable bonds is 3. The molecule has 4 nitrogen and oxygen atoms in total. The van der Waals surface area contributed by atoms with E-state index < -0.39 is 10.1 Å². The number of benzene rings is 1. The van der Waals surface area contributed by atoms with Gasteiger partial charge in [-0.15, -0.1) is 0 Å². The van der Waals surface area contributed by atoms with Crippen molar-refractivity contribution < 1.29 is 14.0 Å². The average Bonchev–Trinajstić information content (AvgIpc) is 2.04. The molecule has 0 aliphatic rings. The zero-order valence-corrected chi connectivity index (χ0v) is 8.04. The molecule has 0 spiro atoms. The lowest BCUT2D eigenvalue weighted by molar-refractivity contribution is 0.338.